The number of ether oxygens (including phenoxy) is 2. The number of esters is 1. The first-order valence-corrected chi connectivity index (χ1v) is 4.47. The molecular formula is C10H11NO5. The van der Waals surface area contributed by atoms with Crippen molar-refractivity contribution in [1.29, 1.82) is 0 Å². The van der Waals surface area contributed by atoms with Crippen molar-refractivity contribution < 1.29 is 19.2 Å². The van der Waals surface area contributed by atoms with Crippen molar-refractivity contribution in [2.45, 2.75) is 6.42 Å². The Morgan fingerprint density at radius 3 is 2.62 bits per heavy atom. The molecule has 0 aliphatic rings. The van der Waals surface area contributed by atoms with E-state index in [1.165, 1.54) is 26.4 Å². The molecule has 6 heteroatoms. The molecule has 0 aliphatic carbocycles. The number of carbonyl (C=O) groups is 1. The molecule has 0 N–H and O–H groups in total. The Balaban J connectivity index is 3.13. The summed E-state index contributed by atoms with van der Waals surface area (Å²) in [4.78, 5) is 21.2. The van der Waals surface area contributed by atoms with Gasteiger partial charge in [0.2, 0.25) is 5.75 Å². The zero-order chi connectivity index (χ0) is 12.1. The van der Waals surface area contributed by atoms with Gasteiger partial charge in [-0.15, -0.1) is 0 Å². The maximum Gasteiger partial charge on any atom is 0.311 e. The molecule has 1 aromatic rings. The maximum atomic E-state index is 11.1. The standard InChI is InChI=1S/C10H11NO5/c1-15-9(12)6-7-4-3-5-8(11(13)14)10(7)16-2/h3-5H,6H2,1-2H3. The number of hydrogen-bond acceptors (Lipinski definition) is 5. The molecular weight excluding hydrogens is 214 g/mol. The van der Waals surface area contributed by atoms with Gasteiger partial charge in [-0.1, -0.05) is 12.1 Å². The van der Waals surface area contributed by atoms with Crippen LogP contribution in [0.4, 0.5) is 5.69 Å². The van der Waals surface area contributed by atoms with Crippen LogP contribution < -0.4 is 4.74 Å². The number of methoxy groups -OCH3 is 2. The van der Waals surface area contributed by atoms with E-state index in [4.69, 9.17) is 4.74 Å². The number of rotatable bonds is 4. The number of nitrogens with zero attached hydrogens (tertiary/aromatic N) is 1. The first kappa shape index (κ1) is 12.0. The Hall–Kier alpha value is -2.11. The van der Waals surface area contributed by atoms with Crippen LogP contribution >= 0.6 is 0 Å². The summed E-state index contributed by atoms with van der Waals surface area (Å²) >= 11 is 0. The lowest BCUT2D eigenvalue weighted by Gasteiger charge is -2.07. The van der Waals surface area contributed by atoms with Crippen molar-refractivity contribution in [3.63, 3.8) is 0 Å². The van der Waals surface area contributed by atoms with Gasteiger partial charge in [-0.05, 0) is 0 Å². The van der Waals surface area contributed by atoms with Gasteiger partial charge in [0.1, 0.15) is 0 Å². The second kappa shape index (κ2) is 5.11. The number of nitro benzene ring substituents is 1. The Morgan fingerprint density at radius 2 is 2.12 bits per heavy atom. The Labute approximate surface area is 91.9 Å². The van der Waals surface area contributed by atoms with Gasteiger partial charge in [0, 0.05) is 11.6 Å². The van der Waals surface area contributed by atoms with Gasteiger partial charge in [0.25, 0.3) is 0 Å². The van der Waals surface area contributed by atoms with Crippen molar-refractivity contribution >= 4 is 11.7 Å². The summed E-state index contributed by atoms with van der Waals surface area (Å²) in [5.74, 6) is -0.378. The van der Waals surface area contributed by atoms with Gasteiger partial charge in [0.05, 0.1) is 25.6 Å². The fourth-order valence-electron chi connectivity index (χ4n) is 1.32. The second-order valence-corrected chi connectivity index (χ2v) is 2.98. The molecule has 86 valence electrons. The topological polar surface area (TPSA) is 78.7 Å². The normalized spacial score (nSPS) is 9.62. The molecule has 1 rings (SSSR count). The van der Waals surface area contributed by atoms with Crippen LogP contribution in [0.5, 0.6) is 5.75 Å². The van der Waals surface area contributed by atoms with E-state index in [0.717, 1.165) is 0 Å². The molecule has 1 aromatic carbocycles. The summed E-state index contributed by atoms with van der Waals surface area (Å²) in [6.07, 6.45) is -0.0542. The zero-order valence-electron chi connectivity index (χ0n) is 8.93. The Kier molecular flexibility index (Phi) is 3.82. The zero-order valence-corrected chi connectivity index (χ0v) is 8.93. The molecule has 16 heavy (non-hydrogen) atoms. The van der Waals surface area contributed by atoms with Crippen LogP contribution in [-0.4, -0.2) is 25.1 Å². The lowest BCUT2D eigenvalue weighted by Crippen LogP contribution is -2.07. The second-order valence-electron chi connectivity index (χ2n) is 2.98. The van der Waals surface area contributed by atoms with Gasteiger partial charge in [-0.2, -0.15) is 0 Å². The third-order valence-corrected chi connectivity index (χ3v) is 2.04. The summed E-state index contributed by atoms with van der Waals surface area (Å²) in [5.41, 5.74) is 0.271. The molecule has 0 unspecified atom stereocenters. The molecule has 0 aliphatic heterocycles. The van der Waals surface area contributed by atoms with Crippen LogP contribution in [0.25, 0.3) is 0 Å². The number of benzene rings is 1. The molecule has 0 fully saturated rings. The molecule has 0 radical (unpaired) electrons. The van der Waals surface area contributed by atoms with Crippen LogP contribution in [0, 0.1) is 10.1 Å². The van der Waals surface area contributed by atoms with Crippen LogP contribution in [0.15, 0.2) is 18.2 Å². The maximum absolute atomic E-state index is 11.1. The van der Waals surface area contributed by atoms with Crippen molar-refractivity contribution in [3.05, 3.63) is 33.9 Å². The molecule has 6 nitrogen and oxygen atoms in total. The molecule has 0 spiro atoms. The molecule has 0 heterocycles. The summed E-state index contributed by atoms with van der Waals surface area (Å²) in [6.45, 7) is 0. The van der Waals surface area contributed by atoms with Gasteiger partial charge in [-0.25, -0.2) is 0 Å². The quantitative estimate of drug-likeness (QED) is 0.438. The van der Waals surface area contributed by atoms with E-state index >= 15 is 0 Å². The highest BCUT2D eigenvalue weighted by Crippen LogP contribution is 2.30. The van der Waals surface area contributed by atoms with Crippen molar-refractivity contribution in [1.82, 2.24) is 0 Å². The largest absolute Gasteiger partial charge is 0.490 e. The van der Waals surface area contributed by atoms with Crippen LogP contribution in [0.3, 0.4) is 0 Å². The minimum Gasteiger partial charge on any atom is -0.490 e. The third-order valence-electron chi connectivity index (χ3n) is 2.04. The fraction of sp³-hybridized carbons (Fsp3) is 0.300. The minimum atomic E-state index is -0.556. The lowest BCUT2D eigenvalue weighted by molar-refractivity contribution is -0.385. The fourth-order valence-corrected chi connectivity index (χ4v) is 1.32. The average Bonchev–Trinajstić information content (AvgIpc) is 2.28. The number of nitro groups is 1. The highest BCUT2D eigenvalue weighted by molar-refractivity contribution is 5.74. The Bertz CT molecular complexity index is 416. The summed E-state index contributed by atoms with van der Waals surface area (Å²) in [7, 11) is 2.58. The SMILES string of the molecule is COC(=O)Cc1cccc([N+](=O)[O-])c1OC. The summed E-state index contributed by atoms with van der Waals surface area (Å²) in [5, 5.41) is 10.7. The molecule has 0 aromatic heterocycles. The highest BCUT2D eigenvalue weighted by atomic mass is 16.6. The predicted octanol–water partition coefficient (Wildman–Crippen LogP) is 1.32. The predicted molar refractivity (Wildman–Crippen MR) is 55.4 cm³/mol. The Morgan fingerprint density at radius 1 is 1.44 bits per heavy atom. The van der Waals surface area contributed by atoms with E-state index in [9.17, 15) is 14.9 Å². The first-order valence-electron chi connectivity index (χ1n) is 4.47. The van der Waals surface area contributed by atoms with E-state index in [1.54, 1.807) is 6.07 Å². The van der Waals surface area contributed by atoms with E-state index in [-0.39, 0.29) is 17.9 Å². The molecule has 0 saturated carbocycles. The van der Waals surface area contributed by atoms with E-state index in [1.807, 2.05) is 0 Å². The summed E-state index contributed by atoms with van der Waals surface area (Å²) in [6, 6.07) is 4.40. The van der Waals surface area contributed by atoms with Gasteiger partial charge in [0.15, 0.2) is 0 Å². The third kappa shape index (κ3) is 2.47. The number of para-hydroxylation sites is 1. The van der Waals surface area contributed by atoms with Crippen molar-refractivity contribution in [2.75, 3.05) is 14.2 Å². The molecule has 0 amide bonds. The van der Waals surface area contributed by atoms with E-state index < -0.39 is 10.9 Å². The number of hydrogen-bond donors (Lipinski definition) is 0. The molecule has 0 saturated heterocycles. The average molecular weight is 225 g/mol. The van der Waals surface area contributed by atoms with E-state index in [0.29, 0.717) is 5.56 Å². The van der Waals surface area contributed by atoms with Crippen LogP contribution in [0.2, 0.25) is 0 Å². The van der Waals surface area contributed by atoms with Crippen molar-refractivity contribution in [3.8, 4) is 5.75 Å². The molecule has 0 atom stereocenters. The van der Waals surface area contributed by atoms with Gasteiger partial charge in [-0.3, -0.25) is 14.9 Å². The van der Waals surface area contributed by atoms with Gasteiger partial charge >= 0.3 is 11.7 Å². The van der Waals surface area contributed by atoms with Crippen LogP contribution in [-0.2, 0) is 16.0 Å². The van der Waals surface area contributed by atoms with Crippen molar-refractivity contribution in [2.24, 2.45) is 0 Å². The first-order chi connectivity index (χ1) is 7.60. The summed E-state index contributed by atoms with van der Waals surface area (Å²) < 4.78 is 9.42. The molecule has 0 bridgehead atoms. The monoisotopic (exact) mass is 225 g/mol. The number of carbonyl (C=O) groups excluding carboxylic acids is 1. The van der Waals surface area contributed by atoms with Crippen LogP contribution in [0.1, 0.15) is 5.56 Å². The lowest BCUT2D eigenvalue weighted by atomic mass is 10.1. The van der Waals surface area contributed by atoms with Gasteiger partial charge < -0.3 is 9.47 Å². The smallest absolute Gasteiger partial charge is 0.311 e. The highest BCUT2D eigenvalue weighted by Gasteiger charge is 2.19. The van der Waals surface area contributed by atoms with E-state index in [2.05, 4.69) is 4.74 Å². The minimum absolute atomic E-state index is 0.0542.